The van der Waals surface area contributed by atoms with Gasteiger partial charge in [0, 0.05) is 5.92 Å². The first-order chi connectivity index (χ1) is 11.1. The third kappa shape index (κ3) is 2.20. The van der Waals surface area contributed by atoms with Crippen molar-refractivity contribution in [3.63, 3.8) is 0 Å². The second-order valence-corrected chi connectivity index (χ2v) is 6.75. The Kier molecular flexibility index (Phi) is 3.30. The average Bonchev–Trinajstić information content (AvgIpc) is 3.14. The van der Waals surface area contributed by atoms with Gasteiger partial charge in [-0.15, -0.1) is 0 Å². The summed E-state index contributed by atoms with van der Waals surface area (Å²) < 4.78 is 5.31. The molecule has 3 fully saturated rings. The molecule has 2 bridgehead atoms. The summed E-state index contributed by atoms with van der Waals surface area (Å²) in [5.41, 5.74) is 5.09. The van der Waals surface area contributed by atoms with Gasteiger partial charge in [0.1, 0.15) is 6.10 Å². The minimum atomic E-state index is -0.487. The van der Waals surface area contributed by atoms with Crippen LogP contribution < -0.4 is 10.9 Å². The van der Waals surface area contributed by atoms with E-state index in [1.807, 2.05) is 0 Å². The van der Waals surface area contributed by atoms with E-state index in [1.165, 1.54) is 0 Å². The van der Waals surface area contributed by atoms with Crippen molar-refractivity contribution in [2.75, 3.05) is 0 Å². The van der Waals surface area contributed by atoms with Gasteiger partial charge >= 0.3 is 5.97 Å². The van der Waals surface area contributed by atoms with Crippen LogP contribution in [0.25, 0.3) is 0 Å². The third-order valence-corrected chi connectivity index (χ3v) is 5.53. The van der Waals surface area contributed by atoms with E-state index < -0.39 is 11.8 Å². The largest absolute Gasteiger partial charge is 0.462 e. The molecule has 2 N–H and O–H groups in total. The van der Waals surface area contributed by atoms with Gasteiger partial charge in [-0.25, -0.2) is 0 Å². The van der Waals surface area contributed by atoms with Gasteiger partial charge in [0.25, 0.3) is 5.91 Å². The summed E-state index contributed by atoms with van der Waals surface area (Å²) in [5, 5.41) is 0.307. The molecule has 120 valence electrons. The Bertz CT molecular complexity index is 705. The molecule has 1 saturated heterocycles. The number of nitrogens with one attached hydrogen (secondary N) is 2. The van der Waals surface area contributed by atoms with E-state index in [0.717, 1.165) is 12.8 Å². The van der Waals surface area contributed by atoms with Gasteiger partial charge in [-0.05, 0) is 30.9 Å². The lowest BCUT2D eigenvalue weighted by molar-refractivity contribution is -0.146. The number of carbonyl (C=O) groups excluding carboxylic acids is 3. The van der Waals surface area contributed by atoms with Crippen molar-refractivity contribution in [1.29, 1.82) is 0 Å². The highest BCUT2D eigenvalue weighted by Gasteiger charge is 2.63. The quantitative estimate of drug-likeness (QED) is 0.630. The molecule has 1 aromatic carbocycles. The average molecular weight is 335 g/mol. The van der Waals surface area contributed by atoms with Crippen LogP contribution in [0.1, 0.15) is 23.2 Å². The Morgan fingerprint density at radius 1 is 1.17 bits per heavy atom. The van der Waals surface area contributed by atoms with Gasteiger partial charge in [0.2, 0.25) is 5.91 Å². The number of esters is 1. The highest BCUT2D eigenvalue weighted by Crippen LogP contribution is 2.57. The normalized spacial score (nSPS) is 33.4. The van der Waals surface area contributed by atoms with Gasteiger partial charge in [-0.2, -0.15) is 0 Å². The van der Waals surface area contributed by atoms with Crippen LogP contribution >= 0.6 is 11.6 Å². The number of hydrazine groups is 1. The number of hydrogen-bond donors (Lipinski definition) is 2. The maximum Gasteiger partial charge on any atom is 0.310 e. The molecule has 0 aromatic heterocycles. The molecular weight excluding hydrogens is 320 g/mol. The number of halogens is 1. The van der Waals surface area contributed by atoms with Crippen molar-refractivity contribution in [3.05, 3.63) is 34.9 Å². The lowest BCUT2D eigenvalue weighted by atomic mass is 9.79. The molecule has 5 atom stereocenters. The van der Waals surface area contributed by atoms with E-state index in [4.69, 9.17) is 16.3 Å². The molecule has 3 aliphatic rings. The third-order valence-electron chi connectivity index (χ3n) is 5.20. The molecule has 1 aliphatic heterocycles. The highest BCUT2D eigenvalue weighted by molar-refractivity contribution is 6.33. The molecule has 1 heterocycles. The van der Waals surface area contributed by atoms with Crippen LogP contribution in [0.2, 0.25) is 5.02 Å². The fraction of sp³-hybridized carbons (Fsp3) is 0.438. The summed E-state index contributed by atoms with van der Waals surface area (Å²) in [7, 11) is 0. The number of benzene rings is 1. The lowest BCUT2D eigenvalue weighted by Gasteiger charge is -2.23. The monoisotopic (exact) mass is 334 g/mol. The predicted octanol–water partition coefficient (Wildman–Crippen LogP) is 1.30. The van der Waals surface area contributed by atoms with Crippen LogP contribution in [0, 0.1) is 23.7 Å². The summed E-state index contributed by atoms with van der Waals surface area (Å²) in [5.74, 6) is -1.58. The minimum absolute atomic E-state index is 0.0146. The zero-order valence-electron chi connectivity index (χ0n) is 12.1. The van der Waals surface area contributed by atoms with E-state index >= 15 is 0 Å². The molecule has 0 unspecified atom stereocenters. The molecular formula is C16H15ClN2O4. The number of fused-ring (bicyclic) bond motifs is 1. The fourth-order valence-corrected chi connectivity index (χ4v) is 4.50. The van der Waals surface area contributed by atoms with Crippen molar-refractivity contribution < 1.29 is 19.1 Å². The Balaban J connectivity index is 1.42. The van der Waals surface area contributed by atoms with Crippen molar-refractivity contribution in [3.8, 4) is 0 Å². The van der Waals surface area contributed by atoms with Crippen LogP contribution in [0.4, 0.5) is 0 Å². The van der Waals surface area contributed by atoms with Crippen LogP contribution in [-0.2, 0) is 14.3 Å². The summed E-state index contributed by atoms with van der Waals surface area (Å²) in [4.78, 5) is 36.4. The predicted molar refractivity (Wildman–Crippen MR) is 80.1 cm³/mol. The van der Waals surface area contributed by atoms with Crippen LogP contribution in [0.3, 0.4) is 0 Å². The van der Waals surface area contributed by atoms with Gasteiger partial charge < -0.3 is 4.74 Å². The van der Waals surface area contributed by atoms with Crippen LogP contribution in [0.15, 0.2) is 24.3 Å². The Labute approximate surface area is 137 Å². The van der Waals surface area contributed by atoms with Gasteiger partial charge in [-0.1, -0.05) is 23.7 Å². The summed E-state index contributed by atoms with van der Waals surface area (Å²) in [6.45, 7) is 0. The van der Waals surface area contributed by atoms with Crippen molar-refractivity contribution >= 4 is 29.4 Å². The summed E-state index contributed by atoms with van der Waals surface area (Å²) in [6, 6.07) is 6.57. The zero-order valence-corrected chi connectivity index (χ0v) is 12.9. The molecule has 0 spiro atoms. The summed E-state index contributed by atoms with van der Waals surface area (Å²) in [6.07, 6.45) is 1.57. The molecule has 2 amide bonds. The fourth-order valence-electron chi connectivity index (χ4n) is 4.28. The van der Waals surface area contributed by atoms with Crippen LogP contribution in [0.5, 0.6) is 0 Å². The first-order valence-corrected chi connectivity index (χ1v) is 7.99. The smallest absolute Gasteiger partial charge is 0.310 e. The topological polar surface area (TPSA) is 84.5 Å². The van der Waals surface area contributed by atoms with Crippen molar-refractivity contribution in [2.24, 2.45) is 23.7 Å². The van der Waals surface area contributed by atoms with Crippen molar-refractivity contribution in [1.82, 2.24) is 10.9 Å². The zero-order chi connectivity index (χ0) is 16.1. The molecule has 7 heteroatoms. The van der Waals surface area contributed by atoms with E-state index in [2.05, 4.69) is 10.9 Å². The van der Waals surface area contributed by atoms with E-state index in [0.29, 0.717) is 5.02 Å². The van der Waals surface area contributed by atoms with E-state index in [-0.39, 0.29) is 41.3 Å². The first-order valence-electron chi connectivity index (χ1n) is 7.61. The molecule has 23 heavy (non-hydrogen) atoms. The number of rotatable bonds is 2. The number of ether oxygens (including phenoxy) is 1. The second-order valence-electron chi connectivity index (χ2n) is 6.35. The van der Waals surface area contributed by atoms with E-state index in [9.17, 15) is 14.4 Å². The molecule has 2 aliphatic carbocycles. The molecule has 6 nitrogen and oxygen atoms in total. The maximum absolute atomic E-state index is 12.4. The highest BCUT2D eigenvalue weighted by atomic mass is 35.5. The molecule has 2 saturated carbocycles. The Hall–Kier alpha value is -2.08. The lowest BCUT2D eigenvalue weighted by Crippen LogP contribution is -2.48. The van der Waals surface area contributed by atoms with Crippen LogP contribution in [-0.4, -0.2) is 23.9 Å². The maximum atomic E-state index is 12.4. The number of amides is 2. The molecule has 1 aromatic rings. The first kappa shape index (κ1) is 14.5. The number of carbonyl (C=O) groups is 3. The van der Waals surface area contributed by atoms with Crippen molar-refractivity contribution in [2.45, 2.75) is 18.9 Å². The SMILES string of the molecule is O=C(NNC(=O)[C@@H]1[C@@H]2C[C@@H]3[C@@H]1C(=O)O[C@H]3C2)c1ccccc1Cl. The summed E-state index contributed by atoms with van der Waals surface area (Å²) >= 11 is 5.95. The van der Waals surface area contributed by atoms with Gasteiger partial charge in [0.15, 0.2) is 0 Å². The molecule has 4 rings (SSSR count). The Morgan fingerprint density at radius 2 is 1.96 bits per heavy atom. The van der Waals surface area contributed by atoms with Gasteiger partial charge in [-0.3, -0.25) is 25.2 Å². The second kappa shape index (κ2) is 5.23. The minimum Gasteiger partial charge on any atom is -0.462 e. The van der Waals surface area contributed by atoms with Gasteiger partial charge in [0.05, 0.1) is 22.4 Å². The Morgan fingerprint density at radius 3 is 2.74 bits per heavy atom. The standard InChI is InChI=1S/C16H15ClN2O4/c17-10-4-2-1-3-8(10)14(20)18-19-15(21)12-7-5-9-11(6-7)23-16(22)13(9)12/h1-4,7,9,11-13H,5-6H2,(H,18,20)(H,19,21)/t7-,9+,11+,12-,13+/m1/s1. The molecule has 0 radical (unpaired) electrons. The number of hydrogen-bond acceptors (Lipinski definition) is 4. The van der Waals surface area contributed by atoms with E-state index in [1.54, 1.807) is 24.3 Å².